The molecule has 1 aliphatic carbocycles. The van der Waals surface area contributed by atoms with Gasteiger partial charge >= 0.3 is 0 Å². The maximum Gasteiger partial charge on any atom is 0.0922 e. The van der Waals surface area contributed by atoms with E-state index in [4.69, 9.17) is 5.11 Å². The monoisotopic (exact) mass is 231 g/mol. The average molecular weight is 232 g/mol. The van der Waals surface area contributed by atoms with Crippen LogP contribution in [0.4, 0.5) is 0 Å². The lowest BCUT2D eigenvalue weighted by Gasteiger charge is -2.42. The first-order valence-electron chi connectivity index (χ1n) is 5.18. The van der Waals surface area contributed by atoms with Gasteiger partial charge in [0.05, 0.1) is 6.33 Å². The zero-order valence-electron chi connectivity index (χ0n) is 8.70. The van der Waals surface area contributed by atoms with Crippen molar-refractivity contribution in [3.05, 3.63) is 18.2 Å². The Morgan fingerprint density at radius 2 is 2.33 bits per heavy atom. The molecule has 0 radical (unpaired) electrons. The van der Waals surface area contributed by atoms with Gasteiger partial charge < -0.3 is 15.4 Å². The third-order valence-electron chi connectivity index (χ3n) is 3.11. The summed E-state index contributed by atoms with van der Waals surface area (Å²) in [5.41, 5.74) is 1.30. The Balaban J connectivity index is 0.00000112. The molecule has 0 saturated heterocycles. The van der Waals surface area contributed by atoms with Gasteiger partial charge in [0.2, 0.25) is 0 Å². The normalized spacial score (nSPS) is 17.9. The van der Waals surface area contributed by atoms with E-state index in [0.29, 0.717) is 0 Å². The van der Waals surface area contributed by atoms with E-state index in [0.717, 1.165) is 18.7 Å². The molecule has 1 fully saturated rings. The number of aromatic amines is 1. The summed E-state index contributed by atoms with van der Waals surface area (Å²) in [7, 11) is 0. The largest absolute Gasteiger partial charge is 0.396 e. The lowest BCUT2D eigenvalue weighted by molar-refractivity contribution is 0.129. The van der Waals surface area contributed by atoms with Gasteiger partial charge in [0.15, 0.2) is 0 Å². The van der Waals surface area contributed by atoms with E-state index in [1.807, 2.05) is 6.20 Å². The van der Waals surface area contributed by atoms with Crippen LogP contribution in [0.15, 0.2) is 12.5 Å². The van der Waals surface area contributed by atoms with Crippen LogP contribution in [0.5, 0.6) is 0 Å². The van der Waals surface area contributed by atoms with Gasteiger partial charge in [0, 0.05) is 30.6 Å². The van der Waals surface area contributed by atoms with Crippen molar-refractivity contribution in [3.8, 4) is 0 Å². The van der Waals surface area contributed by atoms with Crippen molar-refractivity contribution in [1.29, 1.82) is 0 Å². The third-order valence-corrected chi connectivity index (χ3v) is 3.11. The predicted octanol–water partition coefficient (Wildman–Crippen LogP) is 1.23. The highest BCUT2D eigenvalue weighted by molar-refractivity contribution is 5.85. The second-order valence-electron chi connectivity index (χ2n) is 4.04. The van der Waals surface area contributed by atoms with Gasteiger partial charge in [-0.25, -0.2) is 4.98 Å². The Hall–Kier alpha value is -0.580. The zero-order chi connectivity index (χ0) is 9.86. The second kappa shape index (κ2) is 5.49. The van der Waals surface area contributed by atoms with E-state index < -0.39 is 0 Å². The second-order valence-corrected chi connectivity index (χ2v) is 4.04. The van der Waals surface area contributed by atoms with Crippen LogP contribution in [0.2, 0.25) is 0 Å². The molecule has 1 aliphatic rings. The van der Waals surface area contributed by atoms with Crippen molar-refractivity contribution in [2.75, 3.05) is 6.61 Å². The number of aliphatic hydroxyl groups is 1. The number of aliphatic hydroxyl groups excluding tert-OH is 1. The molecule has 3 N–H and O–H groups in total. The molecule has 1 heterocycles. The molecule has 0 aromatic carbocycles. The van der Waals surface area contributed by atoms with Gasteiger partial charge in [-0.05, 0) is 25.7 Å². The number of aromatic nitrogens is 2. The fraction of sp³-hybridized carbons (Fsp3) is 0.700. The summed E-state index contributed by atoms with van der Waals surface area (Å²) in [5, 5.41) is 12.5. The van der Waals surface area contributed by atoms with Crippen LogP contribution < -0.4 is 5.32 Å². The molecule has 5 heteroatoms. The van der Waals surface area contributed by atoms with Crippen molar-refractivity contribution in [3.63, 3.8) is 0 Å². The molecular weight excluding hydrogens is 214 g/mol. The van der Waals surface area contributed by atoms with E-state index in [-0.39, 0.29) is 24.6 Å². The minimum atomic E-state index is 0. The van der Waals surface area contributed by atoms with Gasteiger partial charge in [-0.15, -0.1) is 12.4 Å². The molecule has 0 spiro atoms. The Morgan fingerprint density at radius 3 is 2.80 bits per heavy atom. The average Bonchev–Trinajstić information content (AvgIpc) is 2.62. The van der Waals surface area contributed by atoms with Crippen molar-refractivity contribution >= 4 is 12.4 Å². The molecule has 86 valence electrons. The summed E-state index contributed by atoms with van der Waals surface area (Å²) >= 11 is 0. The summed E-state index contributed by atoms with van der Waals surface area (Å²) in [6, 6.07) is 0. The Morgan fingerprint density at radius 1 is 1.53 bits per heavy atom. The maximum absolute atomic E-state index is 8.96. The van der Waals surface area contributed by atoms with Gasteiger partial charge in [0.25, 0.3) is 0 Å². The smallest absolute Gasteiger partial charge is 0.0922 e. The topological polar surface area (TPSA) is 60.9 Å². The van der Waals surface area contributed by atoms with Crippen molar-refractivity contribution in [2.24, 2.45) is 0 Å². The number of rotatable bonds is 5. The summed E-state index contributed by atoms with van der Waals surface area (Å²) in [6.45, 7) is 1.09. The fourth-order valence-electron chi connectivity index (χ4n) is 2.00. The van der Waals surface area contributed by atoms with Gasteiger partial charge in [-0.1, -0.05) is 0 Å². The lowest BCUT2D eigenvalue weighted by atomic mass is 9.74. The van der Waals surface area contributed by atoms with Crippen LogP contribution in [0.3, 0.4) is 0 Å². The zero-order valence-corrected chi connectivity index (χ0v) is 9.52. The molecule has 0 bridgehead atoms. The first-order valence-corrected chi connectivity index (χ1v) is 5.18. The Labute approximate surface area is 95.9 Å². The number of H-pyrrole nitrogens is 1. The number of nitrogens with zero attached hydrogens (tertiary/aromatic N) is 1. The first kappa shape index (κ1) is 12.5. The van der Waals surface area contributed by atoms with Crippen molar-refractivity contribution in [2.45, 2.75) is 37.8 Å². The Bertz CT molecular complexity index is 272. The third kappa shape index (κ3) is 2.93. The van der Waals surface area contributed by atoms with E-state index >= 15 is 0 Å². The van der Waals surface area contributed by atoms with E-state index in [2.05, 4.69) is 15.3 Å². The number of halogens is 1. The van der Waals surface area contributed by atoms with E-state index in [1.165, 1.54) is 19.3 Å². The number of hydrogen-bond donors (Lipinski definition) is 3. The van der Waals surface area contributed by atoms with Crippen LogP contribution in [-0.2, 0) is 6.54 Å². The highest BCUT2D eigenvalue weighted by Gasteiger charge is 2.35. The minimum absolute atomic E-state index is 0. The molecule has 0 unspecified atom stereocenters. The summed E-state index contributed by atoms with van der Waals surface area (Å²) in [6.07, 6.45) is 8.02. The molecule has 1 saturated carbocycles. The van der Waals surface area contributed by atoms with Crippen LogP contribution >= 0.6 is 12.4 Å². The molecule has 15 heavy (non-hydrogen) atoms. The van der Waals surface area contributed by atoms with Crippen molar-refractivity contribution in [1.82, 2.24) is 15.3 Å². The molecule has 0 atom stereocenters. The lowest BCUT2D eigenvalue weighted by Crippen LogP contribution is -2.51. The van der Waals surface area contributed by atoms with E-state index in [1.54, 1.807) is 6.33 Å². The maximum atomic E-state index is 8.96. The predicted molar refractivity (Wildman–Crippen MR) is 61.0 cm³/mol. The summed E-state index contributed by atoms with van der Waals surface area (Å²) < 4.78 is 0. The van der Waals surface area contributed by atoms with E-state index in [9.17, 15) is 0 Å². The first-order chi connectivity index (χ1) is 6.85. The molecular formula is C10H18ClN3O. The summed E-state index contributed by atoms with van der Waals surface area (Å²) in [4.78, 5) is 7.03. The summed E-state index contributed by atoms with van der Waals surface area (Å²) in [5.74, 6) is 0. The molecule has 1 aromatic heterocycles. The van der Waals surface area contributed by atoms with Crippen LogP contribution in [0.1, 0.15) is 31.4 Å². The quantitative estimate of drug-likeness (QED) is 0.714. The van der Waals surface area contributed by atoms with Gasteiger partial charge in [-0.2, -0.15) is 0 Å². The highest BCUT2D eigenvalue weighted by atomic mass is 35.5. The minimum Gasteiger partial charge on any atom is -0.396 e. The fourth-order valence-corrected chi connectivity index (χ4v) is 2.00. The molecule has 2 rings (SSSR count). The van der Waals surface area contributed by atoms with Crippen LogP contribution in [0, 0.1) is 0 Å². The number of imidazole rings is 1. The van der Waals surface area contributed by atoms with Crippen molar-refractivity contribution < 1.29 is 5.11 Å². The number of nitrogens with one attached hydrogen (secondary N) is 2. The van der Waals surface area contributed by atoms with Crippen LogP contribution in [-0.4, -0.2) is 27.2 Å². The highest BCUT2D eigenvalue weighted by Crippen LogP contribution is 2.34. The Kier molecular flexibility index (Phi) is 4.57. The molecule has 0 amide bonds. The molecule has 0 aliphatic heterocycles. The van der Waals surface area contributed by atoms with Gasteiger partial charge in [0.1, 0.15) is 0 Å². The molecule has 4 nitrogen and oxygen atoms in total. The standard InChI is InChI=1S/C10H17N3O.ClH/c14-5-4-10(2-1-3-10)13-7-9-6-11-8-12-9;/h6,8,13-14H,1-5,7H2,(H,11,12);1H. The van der Waals surface area contributed by atoms with Gasteiger partial charge in [-0.3, -0.25) is 0 Å². The number of hydrogen-bond acceptors (Lipinski definition) is 3. The molecule has 1 aromatic rings. The SMILES string of the molecule is Cl.OCCC1(NCc2cnc[nH]2)CCC1. The van der Waals surface area contributed by atoms with Crippen LogP contribution in [0.25, 0.3) is 0 Å².